The Labute approximate surface area is 156 Å². The van der Waals surface area contributed by atoms with Gasteiger partial charge >= 0.3 is 5.97 Å². The van der Waals surface area contributed by atoms with E-state index in [-0.39, 0.29) is 5.97 Å². The smallest absolute Gasteiger partial charge is 0.310 e. The van der Waals surface area contributed by atoms with Crippen molar-refractivity contribution in [3.05, 3.63) is 71.8 Å². The number of esters is 1. The molecule has 142 valence electrons. The molecule has 5 nitrogen and oxygen atoms in total. The molecule has 0 aromatic heterocycles. The zero-order valence-electron chi connectivity index (χ0n) is 15.8. The summed E-state index contributed by atoms with van der Waals surface area (Å²) in [5.74, 6) is -0.163. The molecule has 0 saturated carbocycles. The molecule has 5 heteroatoms. The van der Waals surface area contributed by atoms with Crippen LogP contribution in [0.4, 0.5) is 0 Å². The van der Waals surface area contributed by atoms with Crippen molar-refractivity contribution in [1.82, 2.24) is 5.32 Å². The molecule has 0 aliphatic rings. The van der Waals surface area contributed by atoms with Crippen LogP contribution in [0.3, 0.4) is 0 Å². The molecule has 0 heterocycles. The van der Waals surface area contributed by atoms with Crippen LogP contribution in [0, 0.1) is 0 Å². The van der Waals surface area contributed by atoms with E-state index in [1.165, 1.54) is 0 Å². The lowest BCUT2D eigenvalue weighted by Gasteiger charge is -2.00. The van der Waals surface area contributed by atoms with Gasteiger partial charge in [0.05, 0.1) is 19.6 Å². The zero-order valence-corrected chi connectivity index (χ0v) is 15.8. The Bertz CT molecular complexity index is 569. The third-order valence-electron chi connectivity index (χ3n) is 2.99. The van der Waals surface area contributed by atoms with Crippen LogP contribution in [-0.2, 0) is 20.7 Å². The Morgan fingerprint density at radius 1 is 1.04 bits per heavy atom. The van der Waals surface area contributed by atoms with Gasteiger partial charge in [0.2, 0.25) is 0 Å². The summed E-state index contributed by atoms with van der Waals surface area (Å²) in [4.78, 5) is 21.0. The van der Waals surface area contributed by atoms with Gasteiger partial charge in [0, 0.05) is 19.2 Å². The molecule has 2 rings (SSSR count). The zero-order chi connectivity index (χ0) is 19.5. The van der Waals surface area contributed by atoms with Crippen molar-refractivity contribution in [2.75, 3.05) is 33.9 Å². The average molecular weight is 359 g/mol. The van der Waals surface area contributed by atoms with Crippen molar-refractivity contribution in [3.8, 4) is 0 Å². The van der Waals surface area contributed by atoms with Gasteiger partial charge < -0.3 is 14.8 Å². The molecule has 1 N–H and O–H groups in total. The Morgan fingerprint density at radius 2 is 1.62 bits per heavy atom. The molecule has 0 aliphatic heterocycles. The highest BCUT2D eigenvalue weighted by Crippen LogP contribution is 2.00. The maximum atomic E-state index is 11.0. The first-order chi connectivity index (χ1) is 12.7. The molecule has 0 bridgehead atoms. The van der Waals surface area contributed by atoms with E-state index in [1.807, 2.05) is 62.5 Å². The number of carbonyl (C=O) groups excluding carboxylic acids is 2. The fraction of sp³-hybridized carbons (Fsp3) is 0.333. The van der Waals surface area contributed by atoms with Crippen LogP contribution in [0.25, 0.3) is 0 Å². The first kappa shape index (κ1) is 23.5. The highest BCUT2D eigenvalue weighted by Gasteiger charge is 2.01. The van der Waals surface area contributed by atoms with E-state index in [0.717, 1.165) is 30.6 Å². The number of carbonyl (C=O) groups is 2. The van der Waals surface area contributed by atoms with Crippen LogP contribution in [0.1, 0.15) is 22.8 Å². The van der Waals surface area contributed by atoms with Crippen LogP contribution in [0.2, 0.25) is 0 Å². The van der Waals surface area contributed by atoms with Gasteiger partial charge in [-0.3, -0.25) is 9.59 Å². The first-order valence-corrected chi connectivity index (χ1v) is 8.51. The summed E-state index contributed by atoms with van der Waals surface area (Å²) in [5.41, 5.74) is 1.73. The lowest BCUT2D eigenvalue weighted by molar-refractivity contribution is -0.142. The number of hydrogen-bond acceptors (Lipinski definition) is 5. The fourth-order valence-electron chi connectivity index (χ4n) is 1.71. The third kappa shape index (κ3) is 13.9. The van der Waals surface area contributed by atoms with Crippen molar-refractivity contribution in [1.29, 1.82) is 0 Å². The van der Waals surface area contributed by atoms with Gasteiger partial charge in [-0.15, -0.1) is 0 Å². The van der Waals surface area contributed by atoms with Gasteiger partial charge in [-0.25, -0.2) is 0 Å². The van der Waals surface area contributed by atoms with Crippen molar-refractivity contribution in [2.24, 2.45) is 0 Å². The monoisotopic (exact) mass is 359 g/mol. The lowest BCUT2D eigenvalue weighted by atomic mass is 10.2. The lowest BCUT2D eigenvalue weighted by Crippen LogP contribution is -2.12. The van der Waals surface area contributed by atoms with Crippen molar-refractivity contribution in [3.63, 3.8) is 0 Å². The molecule has 0 saturated heterocycles. The Balaban J connectivity index is 0.000000388. The number of benzene rings is 2. The van der Waals surface area contributed by atoms with Gasteiger partial charge in [0.15, 0.2) is 0 Å². The number of rotatable bonds is 7. The molecular formula is C21H29NO4. The second-order valence-corrected chi connectivity index (χ2v) is 5.09. The molecule has 0 radical (unpaired) electrons. The van der Waals surface area contributed by atoms with Crippen LogP contribution in [0.5, 0.6) is 0 Å². The largest absolute Gasteiger partial charge is 0.466 e. The summed E-state index contributed by atoms with van der Waals surface area (Å²) in [5, 5.41) is 2.94. The summed E-state index contributed by atoms with van der Waals surface area (Å²) < 4.78 is 9.53. The summed E-state index contributed by atoms with van der Waals surface area (Å²) in [6.07, 6.45) is 1.20. The quantitative estimate of drug-likeness (QED) is 0.467. The van der Waals surface area contributed by atoms with E-state index in [4.69, 9.17) is 9.47 Å². The van der Waals surface area contributed by atoms with Gasteiger partial charge in [-0.05, 0) is 19.5 Å². The Morgan fingerprint density at radius 3 is 2.00 bits per heavy atom. The summed E-state index contributed by atoms with van der Waals surface area (Å²) >= 11 is 0. The maximum Gasteiger partial charge on any atom is 0.310 e. The van der Waals surface area contributed by atoms with Crippen molar-refractivity contribution in [2.45, 2.75) is 13.3 Å². The summed E-state index contributed by atoms with van der Waals surface area (Å²) in [6.45, 7) is 4.00. The maximum absolute atomic E-state index is 11.0. The van der Waals surface area contributed by atoms with E-state index in [0.29, 0.717) is 13.0 Å². The second kappa shape index (κ2) is 17.3. The standard InChI is InChI=1S/C10H12O2.C7H6O.C4H11NO/c1-2-12-10(11)8-9-6-4-3-5-7-9;8-6-7-4-2-1-3-5-7;1-5-3-4-6-2/h3-7H,2,8H2,1H3;1-6H;5H,3-4H2,1-2H3. The Kier molecular flexibility index (Phi) is 15.7. The minimum absolute atomic E-state index is 0.163. The van der Waals surface area contributed by atoms with Gasteiger partial charge in [-0.2, -0.15) is 0 Å². The summed E-state index contributed by atoms with van der Waals surface area (Å²) in [6, 6.07) is 18.7. The fourth-order valence-corrected chi connectivity index (χ4v) is 1.71. The third-order valence-corrected chi connectivity index (χ3v) is 2.99. The van der Waals surface area contributed by atoms with Crippen molar-refractivity contribution >= 4 is 12.3 Å². The predicted molar refractivity (Wildman–Crippen MR) is 104 cm³/mol. The summed E-state index contributed by atoms with van der Waals surface area (Å²) in [7, 11) is 3.59. The average Bonchev–Trinajstić information content (AvgIpc) is 2.69. The van der Waals surface area contributed by atoms with E-state index in [9.17, 15) is 9.59 Å². The predicted octanol–water partition coefficient (Wildman–Crippen LogP) is 3.14. The molecule has 26 heavy (non-hydrogen) atoms. The molecule has 0 atom stereocenters. The normalized spacial score (nSPS) is 9.04. The van der Waals surface area contributed by atoms with Gasteiger partial charge in [0.1, 0.15) is 6.29 Å². The van der Waals surface area contributed by atoms with Crippen LogP contribution >= 0.6 is 0 Å². The topological polar surface area (TPSA) is 64.6 Å². The molecule has 0 spiro atoms. The molecule has 2 aromatic rings. The first-order valence-electron chi connectivity index (χ1n) is 8.51. The highest BCUT2D eigenvalue weighted by molar-refractivity contribution is 5.74. The molecule has 0 amide bonds. The van der Waals surface area contributed by atoms with Crippen LogP contribution in [-0.4, -0.2) is 46.2 Å². The van der Waals surface area contributed by atoms with Crippen LogP contribution < -0.4 is 5.32 Å². The number of methoxy groups -OCH3 is 1. The molecular weight excluding hydrogens is 330 g/mol. The molecule has 0 fully saturated rings. The van der Waals surface area contributed by atoms with Gasteiger partial charge in [-0.1, -0.05) is 60.7 Å². The van der Waals surface area contributed by atoms with Gasteiger partial charge in [0.25, 0.3) is 0 Å². The van der Waals surface area contributed by atoms with E-state index in [2.05, 4.69) is 5.32 Å². The SMILES string of the molecule is CCOC(=O)Cc1ccccc1.CNCCOC.O=Cc1ccccc1. The van der Waals surface area contributed by atoms with E-state index < -0.39 is 0 Å². The molecule has 0 aliphatic carbocycles. The Hall–Kier alpha value is -2.50. The minimum Gasteiger partial charge on any atom is -0.466 e. The minimum atomic E-state index is -0.163. The molecule has 0 unspecified atom stereocenters. The van der Waals surface area contributed by atoms with Crippen molar-refractivity contribution < 1.29 is 19.1 Å². The van der Waals surface area contributed by atoms with Crippen LogP contribution in [0.15, 0.2) is 60.7 Å². The van der Waals surface area contributed by atoms with E-state index >= 15 is 0 Å². The number of nitrogens with one attached hydrogen (secondary N) is 1. The number of hydrogen-bond donors (Lipinski definition) is 1. The second-order valence-electron chi connectivity index (χ2n) is 5.09. The molecule has 2 aromatic carbocycles. The number of ether oxygens (including phenoxy) is 2. The van der Waals surface area contributed by atoms with E-state index in [1.54, 1.807) is 19.2 Å². The highest BCUT2D eigenvalue weighted by atomic mass is 16.5. The number of aldehydes is 1. The number of likely N-dealkylation sites (N-methyl/N-ethyl adjacent to an activating group) is 1.